The highest BCUT2D eigenvalue weighted by molar-refractivity contribution is 7.89. The monoisotopic (exact) mass is 403 g/mol. The Hall–Kier alpha value is -2.11. The highest BCUT2D eigenvalue weighted by Gasteiger charge is 2.39. The van der Waals surface area contributed by atoms with E-state index in [0.29, 0.717) is 32.2 Å². The third-order valence-corrected chi connectivity index (χ3v) is 6.89. The third-order valence-electron chi connectivity index (χ3n) is 4.98. The summed E-state index contributed by atoms with van der Waals surface area (Å²) in [6.07, 6.45) is 0. The van der Waals surface area contributed by atoms with Gasteiger partial charge < -0.3 is 10.2 Å². The Balaban J connectivity index is 1.67. The number of quaternary nitrogens is 1. The second kappa shape index (κ2) is 7.49. The lowest BCUT2D eigenvalue weighted by molar-refractivity contribution is -0.917. The maximum atomic E-state index is 13.9. The van der Waals surface area contributed by atoms with E-state index in [1.165, 1.54) is 0 Å². The fourth-order valence-corrected chi connectivity index (χ4v) is 4.87. The molecule has 27 heavy (non-hydrogen) atoms. The van der Waals surface area contributed by atoms with Crippen molar-refractivity contribution in [3.8, 4) is 0 Å². The summed E-state index contributed by atoms with van der Waals surface area (Å²) in [4.78, 5) is 25.4. The first kappa shape index (κ1) is 19.6. The van der Waals surface area contributed by atoms with Crippen molar-refractivity contribution < 1.29 is 31.7 Å². The zero-order valence-electron chi connectivity index (χ0n) is 14.7. The lowest BCUT2D eigenvalue weighted by Crippen LogP contribution is -3.19. The van der Waals surface area contributed by atoms with Crippen LogP contribution in [-0.4, -0.2) is 74.9 Å². The molecule has 0 radical (unpaired) electrons. The van der Waals surface area contributed by atoms with Crippen molar-refractivity contribution in [1.29, 1.82) is 0 Å². The smallest absolute Gasteiger partial charge is 0.324 e. The van der Waals surface area contributed by atoms with E-state index >= 15 is 0 Å². The number of amides is 3. The Morgan fingerprint density at radius 1 is 1.22 bits per heavy atom. The van der Waals surface area contributed by atoms with E-state index in [-0.39, 0.29) is 19.0 Å². The van der Waals surface area contributed by atoms with Gasteiger partial charge in [0.15, 0.2) is 6.04 Å². The predicted octanol–water partition coefficient (Wildman–Crippen LogP) is -1.21. The SMILES string of the molecule is C[C@H](C(=O)N1CCNC1=O)[NH+]1CCN(S(=O)(=O)c2cc(F)ccc2F)CC1. The van der Waals surface area contributed by atoms with Crippen molar-refractivity contribution in [2.45, 2.75) is 17.9 Å². The van der Waals surface area contributed by atoms with Crippen molar-refractivity contribution in [2.24, 2.45) is 0 Å². The molecule has 2 aliphatic rings. The van der Waals surface area contributed by atoms with Crippen molar-refractivity contribution in [3.05, 3.63) is 29.8 Å². The molecule has 8 nitrogen and oxygen atoms in total. The second-order valence-electron chi connectivity index (χ2n) is 6.58. The number of imide groups is 1. The molecule has 148 valence electrons. The number of benzene rings is 1. The molecule has 0 unspecified atom stereocenters. The van der Waals surface area contributed by atoms with Gasteiger partial charge >= 0.3 is 6.03 Å². The normalized spacial score (nSPS) is 20.6. The molecule has 1 atom stereocenters. The first-order chi connectivity index (χ1) is 12.7. The van der Waals surface area contributed by atoms with E-state index in [4.69, 9.17) is 0 Å². The molecule has 3 rings (SSSR count). The molecule has 2 aliphatic heterocycles. The van der Waals surface area contributed by atoms with E-state index in [1.54, 1.807) is 6.92 Å². The molecule has 3 amide bonds. The van der Waals surface area contributed by atoms with Gasteiger partial charge in [0.2, 0.25) is 10.0 Å². The topological polar surface area (TPSA) is 91.2 Å². The highest BCUT2D eigenvalue weighted by Crippen LogP contribution is 2.20. The molecular weight excluding hydrogens is 382 g/mol. The summed E-state index contributed by atoms with van der Waals surface area (Å²) < 4.78 is 53.5. The lowest BCUT2D eigenvalue weighted by atomic mass is 10.2. The molecule has 0 aromatic heterocycles. The fourth-order valence-electron chi connectivity index (χ4n) is 3.35. The number of rotatable bonds is 4. The first-order valence-corrected chi connectivity index (χ1v) is 10.0. The minimum absolute atomic E-state index is 0.0669. The van der Waals surface area contributed by atoms with Crippen LogP contribution in [0.5, 0.6) is 0 Å². The predicted molar refractivity (Wildman–Crippen MR) is 90.4 cm³/mol. The maximum Gasteiger partial charge on any atom is 0.324 e. The Morgan fingerprint density at radius 3 is 2.48 bits per heavy atom. The van der Waals surface area contributed by atoms with Gasteiger partial charge in [-0.3, -0.25) is 9.69 Å². The average molecular weight is 403 g/mol. The lowest BCUT2D eigenvalue weighted by Gasteiger charge is -2.34. The number of hydrogen-bond acceptors (Lipinski definition) is 4. The van der Waals surface area contributed by atoms with Gasteiger partial charge in [-0.15, -0.1) is 0 Å². The minimum Gasteiger partial charge on any atom is -0.336 e. The van der Waals surface area contributed by atoms with E-state index in [0.717, 1.165) is 26.2 Å². The summed E-state index contributed by atoms with van der Waals surface area (Å²) in [6.45, 7) is 3.19. The summed E-state index contributed by atoms with van der Waals surface area (Å²) in [5, 5.41) is 2.57. The molecule has 0 aliphatic carbocycles. The van der Waals surface area contributed by atoms with Gasteiger partial charge in [0, 0.05) is 13.1 Å². The zero-order valence-corrected chi connectivity index (χ0v) is 15.6. The van der Waals surface area contributed by atoms with Crippen LogP contribution in [0.15, 0.2) is 23.1 Å². The van der Waals surface area contributed by atoms with Crippen LogP contribution in [-0.2, 0) is 14.8 Å². The van der Waals surface area contributed by atoms with Gasteiger partial charge in [-0.25, -0.2) is 22.0 Å². The molecule has 0 bridgehead atoms. The number of carbonyl (C=O) groups excluding carboxylic acids is 2. The van der Waals surface area contributed by atoms with Crippen LogP contribution in [0, 0.1) is 11.6 Å². The van der Waals surface area contributed by atoms with Gasteiger partial charge in [0.1, 0.15) is 16.5 Å². The molecule has 2 fully saturated rings. The summed E-state index contributed by atoms with van der Waals surface area (Å²) >= 11 is 0. The van der Waals surface area contributed by atoms with Crippen LogP contribution < -0.4 is 10.2 Å². The van der Waals surface area contributed by atoms with Crippen LogP contribution in [0.4, 0.5) is 13.6 Å². The Morgan fingerprint density at radius 2 is 1.89 bits per heavy atom. The summed E-state index contributed by atoms with van der Waals surface area (Å²) in [6, 6.07) is 1.38. The van der Waals surface area contributed by atoms with Crippen LogP contribution in [0.25, 0.3) is 0 Å². The average Bonchev–Trinajstić information content (AvgIpc) is 3.08. The number of urea groups is 1. The number of halogens is 2. The summed E-state index contributed by atoms with van der Waals surface area (Å²) in [5.74, 6) is -2.15. The van der Waals surface area contributed by atoms with E-state index in [1.807, 2.05) is 0 Å². The molecule has 0 saturated carbocycles. The van der Waals surface area contributed by atoms with Crippen LogP contribution in [0.1, 0.15) is 6.92 Å². The van der Waals surface area contributed by atoms with Crippen molar-refractivity contribution >= 4 is 22.0 Å². The number of nitrogens with zero attached hydrogens (tertiary/aromatic N) is 2. The summed E-state index contributed by atoms with van der Waals surface area (Å²) in [7, 11) is -4.16. The van der Waals surface area contributed by atoms with Gasteiger partial charge in [-0.2, -0.15) is 4.31 Å². The quantitative estimate of drug-likeness (QED) is 0.661. The molecule has 2 N–H and O–H groups in total. The Labute approximate surface area is 155 Å². The highest BCUT2D eigenvalue weighted by atomic mass is 32.2. The minimum atomic E-state index is -4.16. The van der Waals surface area contributed by atoms with Crippen molar-refractivity contribution in [2.75, 3.05) is 39.3 Å². The Kier molecular flexibility index (Phi) is 5.45. The zero-order chi connectivity index (χ0) is 19.8. The van der Waals surface area contributed by atoms with E-state index in [2.05, 4.69) is 5.32 Å². The van der Waals surface area contributed by atoms with Gasteiger partial charge in [-0.05, 0) is 25.1 Å². The van der Waals surface area contributed by atoms with Gasteiger partial charge in [0.25, 0.3) is 5.91 Å². The number of nitrogens with one attached hydrogen (secondary N) is 2. The molecule has 1 aromatic rings. The largest absolute Gasteiger partial charge is 0.336 e. The maximum absolute atomic E-state index is 13.9. The van der Waals surface area contributed by atoms with Gasteiger partial charge in [0.05, 0.1) is 26.2 Å². The number of hydrogen-bond donors (Lipinski definition) is 2. The first-order valence-electron chi connectivity index (χ1n) is 8.61. The molecular formula is C16H21F2N4O4S+. The standard InChI is InChI=1S/C16H20F2N4O4S/c1-11(15(23)22-5-4-19-16(22)24)20-6-8-21(9-7-20)27(25,26)14-10-12(17)2-3-13(14)18/h2-3,10-11H,4-9H2,1H3,(H,19,24)/p+1/t11-/m1/s1. The molecule has 1 aromatic carbocycles. The van der Waals surface area contributed by atoms with Crippen LogP contribution >= 0.6 is 0 Å². The molecule has 2 heterocycles. The fraction of sp³-hybridized carbons (Fsp3) is 0.500. The van der Waals surface area contributed by atoms with E-state index < -0.39 is 38.6 Å². The van der Waals surface area contributed by atoms with Crippen LogP contribution in [0.2, 0.25) is 0 Å². The molecule has 11 heteroatoms. The van der Waals surface area contributed by atoms with Gasteiger partial charge in [-0.1, -0.05) is 0 Å². The molecule has 2 saturated heterocycles. The van der Waals surface area contributed by atoms with E-state index in [9.17, 15) is 26.8 Å². The number of carbonyl (C=O) groups is 2. The Bertz CT molecular complexity index is 856. The van der Waals surface area contributed by atoms with Crippen molar-refractivity contribution in [3.63, 3.8) is 0 Å². The van der Waals surface area contributed by atoms with Crippen LogP contribution in [0.3, 0.4) is 0 Å². The number of piperazine rings is 1. The number of sulfonamides is 1. The second-order valence-corrected chi connectivity index (χ2v) is 8.49. The molecule has 0 spiro atoms. The summed E-state index contributed by atoms with van der Waals surface area (Å²) in [5.41, 5.74) is 0. The third kappa shape index (κ3) is 3.80. The van der Waals surface area contributed by atoms with Crippen molar-refractivity contribution in [1.82, 2.24) is 14.5 Å².